The van der Waals surface area contributed by atoms with Crippen molar-refractivity contribution in [3.63, 3.8) is 0 Å². The van der Waals surface area contributed by atoms with Crippen molar-refractivity contribution in [2.45, 2.75) is 77.7 Å². The van der Waals surface area contributed by atoms with Gasteiger partial charge in [0, 0.05) is 6.54 Å². The Labute approximate surface area is 166 Å². The summed E-state index contributed by atoms with van der Waals surface area (Å²) in [7, 11) is 0. The molecule has 0 bridgehead atoms. The Bertz CT molecular complexity index is 667. The van der Waals surface area contributed by atoms with Gasteiger partial charge in [0.1, 0.15) is 11.6 Å². The minimum absolute atomic E-state index is 0.0329. The lowest BCUT2D eigenvalue weighted by molar-refractivity contribution is -0.132. The molecule has 2 aliphatic carbocycles. The van der Waals surface area contributed by atoms with Gasteiger partial charge in [0.05, 0.1) is 6.04 Å². The third kappa shape index (κ3) is 4.11. The first-order valence-electron chi connectivity index (χ1n) is 10.1. The Kier molecular flexibility index (Phi) is 5.15. The van der Waals surface area contributed by atoms with Crippen LogP contribution in [0, 0.1) is 23.2 Å². The predicted molar refractivity (Wildman–Crippen MR) is 102 cm³/mol. The first-order chi connectivity index (χ1) is 12.8. The van der Waals surface area contributed by atoms with Crippen molar-refractivity contribution < 1.29 is 24.2 Å². The number of piperidine rings is 1. The number of likely N-dealkylation sites (tertiary alicyclic amines) is 1. The second kappa shape index (κ2) is 6.90. The average molecular weight is 396 g/mol. The number of hydrogen-bond donors (Lipinski definition) is 3. The molecule has 2 saturated carbocycles. The maximum Gasteiger partial charge on any atom is 0.410 e. The topological polar surface area (TPSA) is 122 Å². The highest BCUT2D eigenvalue weighted by Crippen LogP contribution is 2.65. The van der Waals surface area contributed by atoms with Crippen LogP contribution >= 0.6 is 0 Å². The van der Waals surface area contributed by atoms with Gasteiger partial charge in [-0.25, -0.2) is 4.79 Å². The van der Waals surface area contributed by atoms with E-state index in [1.54, 1.807) is 20.8 Å². The lowest BCUT2D eigenvalue weighted by Crippen LogP contribution is -2.56. The zero-order valence-corrected chi connectivity index (χ0v) is 17.4. The molecule has 0 spiro atoms. The Morgan fingerprint density at radius 2 is 1.89 bits per heavy atom. The summed E-state index contributed by atoms with van der Waals surface area (Å²) in [6, 6.07) is -1.41. The zero-order chi connectivity index (χ0) is 21.0. The summed E-state index contributed by atoms with van der Waals surface area (Å²) in [5, 5.41) is 13.0. The number of carbonyl (C=O) groups is 3. The normalized spacial score (nSPS) is 30.2. The third-order valence-corrected chi connectivity index (χ3v) is 6.39. The molecule has 8 nitrogen and oxygen atoms in total. The van der Waals surface area contributed by atoms with Gasteiger partial charge in [-0.1, -0.05) is 26.7 Å². The lowest BCUT2D eigenvalue weighted by Gasteiger charge is -2.33. The average Bonchev–Trinajstić information content (AvgIpc) is 3.39. The Balaban J connectivity index is 1.75. The van der Waals surface area contributed by atoms with Gasteiger partial charge in [0.25, 0.3) is 0 Å². The number of carbonyl (C=O) groups excluding carboxylic acids is 3. The maximum absolute atomic E-state index is 13.2. The Morgan fingerprint density at radius 1 is 1.29 bits per heavy atom. The first-order valence-corrected chi connectivity index (χ1v) is 10.1. The molecule has 0 aromatic heterocycles. The van der Waals surface area contributed by atoms with Gasteiger partial charge in [0.15, 0.2) is 6.10 Å². The van der Waals surface area contributed by atoms with E-state index < -0.39 is 35.8 Å². The van der Waals surface area contributed by atoms with Crippen molar-refractivity contribution in [2.24, 2.45) is 28.9 Å². The minimum atomic E-state index is -1.44. The number of aliphatic hydroxyl groups excluding tert-OH is 1. The summed E-state index contributed by atoms with van der Waals surface area (Å²) in [4.78, 5) is 38.8. The molecule has 28 heavy (non-hydrogen) atoms. The maximum atomic E-state index is 13.2. The largest absolute Gasteiger partial charge is 0.444 e. The third-order valence-electron chi connectivity index (χ3n) is 6.39. The number of amides is 3. The fraction of sp³-hybridized carbons (Fsp3) is 0.850. The van der Waals surface area contributed by atoms with Crippen molar-refractivity contribution in [1.29, 1.82) is 0 Å². The summed E-state index contributed by atoms with van der Waals surface area (Å²) < 4.78 is 5.49. The van der Waals surface area contributed by atoms with Crippen LogP contribution in [0.1, 0.15) is 53.9 Å². The molecule has 5 atom stereocenters. The van der Waals surface area contributed by atoms with E-state index in [1.807, 2.05) is 0 Å². The van der Waals surface area contributed by atoms with Gasteiger partial charge in [-0.2, -0.15) is 0 Å². The van der Waals surface area contributed by atoms with Crippen molar-refractivity contribution in [2.75, 3.05) is 6.54 Å². The van der Waals surface area contributed by atoms with Gasteiger partial charge < -0.3 is 20.9 Å². The molecule has 0 aromatic carbocycles. The molecule has 8 heteroatoms. The van der Waals surface area contributed by atoms with Crippen molar-refractivity contribution in [1.82, 2.24) is 10.2 Å². The van der Waals surface area contributed by atoms with E-state index in [2.05, 4.69) is 19.2 Å². The highest BCUT2D eigenvalue weighted by Gasteiger charge is 2.69. The highest BCUT2D eigenvalue weighted by atomic mass is 16.6. The molecule has 4 unspecified atom stereocenters. The highest BCUT2D eigenvalue weighted by molar-refractivity contribution is 5.89. The Morgan fingerprint density at radius 3 is 2.39 bits per heavy atom. The van der Waals surface area contributed by atoms with Gasteiger partial charge >= 0.3 is 6.09 Å². The van der Waals surface area contributed by atoms with E-state index in [0.29, 0.717) is 18.9 Å². The summed E-state index contributed by atoms with van der Waals surface area (Å²) in [5.74, 6) is -0.554. The molecular formula is C20H33N3O5. The number of primary amides is 1. The van der Waals surface area contributed by atoms with E-state index >= 15 is 0 Å². The zero-order valence-electron chi connectivity index (χ0n) is 17.4. The molecule has 3 aliphatic rings. The van der Waals surface area contributed by atoms with E-state index in [9.17, 15) is 19.5 Å². The fourth-order valence-corrected chi connectivity index (χ4v) is 4.54. The number of nitrogens with two attached hydrogens (primary N) is 1. The minimum Gasteiger partial charge on any atom is -0.444 e. The lowest BCUT2D eigenvalue weighted by atomic mass is 9.99. The molecular weight excluding hydrogens is 362 g/mol. The molecule has 1 saturated heterocycles. The van der Waals surface area contributed by atoms with Crippen LogP contribution in [0.15, 0.2) is 0 Å². The Hall–Kier alpha value is -1.83. The van der Waals surface area contributed by atoms with Crippen LogP contribution in [0.2, 0.25) is 0 Å². The van der Waals surface area contributed by atoms with Gasteiger partial charge in [-0.15, -0.1) is 0 Å². The van der Waals surface area contributed by atoms with Gasteiger partial charge in [0.2, 0.25) is 11.8 Å². The van der Waals surface area contributed by atoms with Gasteiger partial charge in [-0.05, 0) is 50.4 Å². The van der Waals surface area contributed by atoms with E-state index in [0.717, 1.165) is 12.8 Å². The molecule has 1 heterocycles. The monoisotopic (exact) mass is 395 g/mol. The molecule has 4 N–H and O–H groups in total. The summed E-state index contributed by atoms with van der Waals surface area (Å²) in [6.07, 6.45) is 0.590. The second-order valence-corrected chi connectivity index (χ2v) is 10.2. The molecule has 0 aromatic rings. The molecule has 0 radical (unpaired) electrons. The molecule has 1 aliphatic heterocycles. The number of ether oxygens (including phenoxy) is 1. The molecule has 3 rings (SSSR count). The van der Waals surface area contributed by atoms with Crippen LogP contribution in [0.5, 0.6) is 0 Å². The molecule has 3 amide bonds. The summed E-state index contributed by atoms with van der Waals surface area (Å²) in [5.41, 5.74) is 4.57. The van der Waals surface area contributed by atoms with Crippen molar-refractivity contribution in [3.05, 3.63) is 0 Å². The van der Waals surface area contributed by atoms with Crippen LogP contribution in [0.3, 0.4) is 0 Å². The quantitative estimate of drug-likeness (QED) is 0.619. The standard InChI is InChI=1S/C20H33N3O5/c1-19(2,3)28-18(27)23-9-11-13(20(11,4)5)14(23)17(26)22-12(8-10-6-7-10)15(24)16(21)25/h10-15,24H,6-9H2,1-5H3,(H2,21,25)(H,22,26)/t11-,12?,13?,14?,15?/m0/s1. The molecule has 3 fully saturated rings. The van der Waals surface area contributed by atoms with Crippen LogP contribution in [-0.2, 0) is 14.3 Å². The van der Waals surface area contributed by atoms with Crippen molar-refractivity contribution >= 4 is 17.9 Å². The van der Waals surface area contributed by atoms with E-state index in [4.69, 9.17) is 10.5 Å². The summed E-state index contributed by atoms with van der Waals surface area (Å²) >= 11 is 0. The van der Waals surface area contributed by atoms with E-state index in [1.165, 1.54) is 4.90 Å². The SMILES string of the molecule is CC(C)(C)OC(=O)N1C[C@H]2C(C1C(=O)NC(CC1CC1)C(O)C(N)=O)C2(C)C. The fourth-order valence-electron chi connectivity index (χ4n) is 4.54. The van der Waals surface area contributed by atoms with Gasteiger partial charge in [-0.3, -0.25) is 14.5 Å². The molecule has 158 valence electrons. The van der Waals surface area contributed by atoms with E-state index in [-0.39, 0.29) is 23.2 Å². The first kappa shape index (κ1) is 20.9. The van der Waals surface area contributed by atoms with Crippen LogP contribution in [0.4, 0.5) is 4.79 Å². The number of nitrogens with one attached hydrogen (secondary N) is 1. The van der Waals surface area contributed by atoms with Crippen LogP contribution in [-0.4, -0.2) is 58.2 Å². The number of fused-ring (bicyclic) bond motifs is 1. The predicted octanol–water partition coefficient (Wildman–Crippen LogP) is 1.01. The number of aliphatic hydroxyl groups is 1. The summed E-state index contributed by atoms with van der Waals surface area (Å²) in [6.45, 7) is 10.0. The number of hydrogen-bond acceptors (Lipinski definition) is 5. The van der Waals surface area contributed by atoms with Crippen LogP contribution < -0.4 is 11.1 Å². The number of rotatable bonds is 6. The second-order valence-electron chi connectivity index (χ2n) is 10.2. The smallest absolute Gasteiger partial charge is 0.410 e. The van der Waals surface area contributed by atoms with Crippen LogP contribution in [0.25, 0.3) is 0 Å². The number of nitrogens with zero attached hydrogens (tertiary/aromatic N) is 1. The van der Waals surface area contributed by atoms with Crippen molar-refractivity contribution in [3.8, 4) is 0 Å².